The molecule has 2 atom stereocenters. The van der Waals surface area contributed by atoms with E-state index in [1.165, 1.54) is 0 Å². The second kappa shape index (κ2) is 7.39. The van der Waals surface area contributed by atoms with Crippen molar-refractivity contribution in [1.29, 1.82) is 0 Å². The van der Waals surface area contributed by atoms with Crippen LogP contribution in [-0.2, 0) is 4.79 Å². The molecule has 0 bridgehead atoms. The summed E-state index contributed by atoms with van der Waals surface area (Å²) in [6, 6.07) is 3.74. The maximum atomic E-state index is 12.5. The average molecular weight is 296 g/mol. The Morgan fingerprint density at radius 2 is 1.64 bits per heavy atom. The molecule has 1 saturated carbocycles. The van der Waals surface area contributed by atoms with Crippen molar-refractivity contribution in [3.63, 3.8) is 0 Å². The summed E-state index contributed by atoms with van der Waals surface area (Å²) in [6.07, 6.45) is 19.3. The number of aromatic nitrogens is 1. The molecule has 0 aliphatic heterocycles. The summed E-state index contributed by atoms with van der Waals surface area (Å²) in [7, 11) is 0. The van der Waals surface area contributed by atoms with Crippen molar-refractivity contribution in [3.8, 4) is 0 Å². The highest BCUT2D eigenvalue weighted by molar-refractivity contribution is 5.94. The van der Waals surface area contributed by atoms with Gasteiger partial charge in [0.1, 0.15) is 0 Å². The second-order valence-corrected chi connectivity index (χ2v) is 6.26. The summed E-state index contributed by atoms with van der Waals surface area (Å²) in [6.45, 7) is 0. The van der Waals surface area contributed by atoms with Gasteiger partial charge in [-0.05, 0) is 62.5 Å². The quantitative estimate of drug-likeness (QED) is 0.824. The molecule has 2 aliphatic carbocycles. The Labute approximate surface area is 132 Å². The van der Waals surface area contributed by atoms with E-state index in [1.54, 1.807) is 12.4 Å². The topological polar surface area (TPSA) is 42.0 Å². The number of hydrogen-bond acceptors (Lipinski definition) is 2. The van der Waals surface area contributed by atoms with Crippen LogP contribution in [0.2, 0.25) is 0 Å². The Kier molecular flexibility index (Phi) is 5.04. The van der Waals surface area contributed by atoms with E-state index < -0.39 is 0 Å². The van der Waals surface area contributed by atoms with Gasteiger partial charge in [-0.1, -0.05) is 24.3 Å². The van der Waals surface area contributed by atoms with Crippen molar-refractivity contribution in [2.45, 2.75) is 38.5 Å². The minimum atomic E-state index is 0.172. The maximum Gasteiger partial charge on any atom is 0.228 e. The number of carbonyl (C=O) groups excluding carboxylic acids is 1. The molecule has 3 rings (SSSR count). The molecule has 1 N–H and O–H groups in total. The third-order valence-electron chi connectivity index (χ3n) is 4.73. The van der Waals surface area contributed by atoms with Crippen molar-refractivity contribution in [1.82, 2.24) is 4.98 Å². The van der Waals surface area contributed by atoms with Gasteiger partial charge in [-0.3, -0.25) is 9.78 Å². The molecule has 3 heteroatoms. The van der Waals surface area contributed by atoms with E-state index in [0.717, 1.165) is 44.2 Å². The molecular weight excluding hydrogens is 272 g/mol. The van der Waals surface area contributed by atoms with Crippen LogP contribution in [0.5, 0.6) is 0 Å². The van der Waals surface area contributed by atoms with E-state index in [2.05, 4.69) is 34.6 Å². The van der Waals surface area contributed by atoms with E-state index in [0.29, 0.717) is 11.8 Å². The monoisotopic (exact) mass is 296 g/mol. The van der Waals surface area contributed by atoms with Crippen molar-refractivity contribution in [2.24, 2.45) is 17.8 Å². The van der Waals surface area contributed by atoms with Gasteiger partial charge in [0.05, 0.1) is 11.9 Å². The molecule has 1 fully saturated rings. The third-order valence-corrected chi connectivity index (χ3v) is 4.73. The molecule has 2 aliphatic rings. The zero-order valence-electron chi connectivity index (χ0n) is 12.9. The fourth-order valence-electron chi connectivity index (χ4n) is 3.52. The molecule has 22 heavy (non-hydrogen) atoms. The highest BCUT2D eigenvalue weighted by atomic mass is 16.2. The second-order valence-electron chi connectivity index (χ2n) is 6.26. The van der Waals surface area contributed by atoms with Crippen LogP contribution in [0.4, 0.5) is 5.69 Å². The highest BCUT2D eigenvalue weighted by Crippen LogP contribution is 2.52. The van der Waals surface area contributed by atoms with Gasteiger partial charge in [0.2, 0.25) is 5.91 Å². The van der Waals surface area contributed by atoms with Crippen molar-refractivity contribution >= 4 is 11.6 Å². The van der Waals surface area contributed by atoms with Gasteiger partial charge in [-0.25, -0.2) is 0 Å². The van der Waals surface area contributed by atoms with Crippen LogP contribution in [-0.4, -0.2) is 10.9 Å². The Morgan fingerprint density at radius 1 is 1.00 bits per heavy atom. The molecule has 1 aromatic rings. The van der Waals surface area contributed by atoms with Crippen LogP contribution in [0.25, 0.3) is 0 Å². The molecule has 1 heterocycles. The Bertz CT molecular complexity index is 526. The molecule has 0 spiro atoms. The highest BCUT2D eigenvalue weighted by Gasteiger charge is 2.52. The predicted octanol–water partition coefficient (Wildman–Crippen LogP) is 4.35. The van der Waals surface area contributed by atoms with Gasteiger partial charge in [0, 0.05) is 12.1 Å². The number of hydrogen-bond donors (Lipinski definition) is 1. The lowest BCUT2D eigenvalue weighted by Crippen LogP contribution is -2.15. The van der Waals surface area contributed by atoms with Crippen LogP contribution >= 0.6 is 0 Å². The van der Waals surface area contributed by atoms with E-state index in [4.69, 9.17) is 0 Å². The van der Waals surface area contributed by atoms with Gasteiger partial charge in [0.25, 0.3) is 0 Å². The van der Waals surface area contributed by atoms with Crippen LogP contribution in [0.15, 0.2) is 48.8 Å². The smallest absolute Gasteiger partial charge is 0.228 e. The van der Waals surface area contributed by atoms with Crippen LogP contribution < -0.4 is 5.32 Å². The molecule has 3 nitrogen and oxygen atoms in total. The van der Waals surface area contributed by atoms with Crippen LogP contribution in [0, 0.1) is 17.8 Å². The number of fused-ring (bicyclic) bond motifs is 1. The molecule has 0 radical (unpaired) electrons. The fraction of sp³-hybridized carbons (Fsp3) is 0.474. The first-order valence-corrected chi connectivity index (χ1v) is 8.37. The number of nitrogens with one attached hydrogen (secondary N) is 1. The van der Waals surface area contributed by atoms with E-state index in [9.17, 15) is 4.79 Å². The Morgan fingerprint density at radius 3 is 2.23 bits per heavy atom. The van der Waals surface area contributed by atoms with Gasteiger partial charge >= 0.3 is 0 Å². The van der Waals surface area contributed by atoms with Gasteiger partial charge in [-0.2, -0.15) is 0 Å². The molecule has 0 aromatic carbocycles. The minimum absolute atomic E-state index is 0.172. The van der Waals surface area contributed by atoms with Crippen LogP contribution in [0.3, 0.4) is 0 Å². The summed E-state index contributed by atoms with van der Waals surface area (Å²) in [5, 5.41) is 3.02. The summed E-state index contributed by atoms with van der Waals surface area (Å²) in [5.74, 6) is 1.46. The first-order chi connectivity index (χ1) is 10.9. The molecule has 0 unspecified atom stereocenters. The molecule has 116 valence electrons. The number of carbonyl (C=O) groups is 1. The maximum absolute atomic E-state index is 12.5. The zero-order valence-corrected chi connectivity index (χ0v) is 12.9. The molecule has 0 saturated heterocycles. The zero-order chi connectivity index (χ0) is 15.2. The van der Waals surface area contributed by atoms with E-state index in [1.807, 2.05) is 12.1 Å². The lowest BCUT2D eigenvalue weighted by molar-refractivity contribution is -0.117. The fourth-order valence-corrected chi connectivity index (χ4v) is 3.52. The van der Waals surface area contributed by atoms with Crippen molar-refractivity contribution < 1.29 is 4.79 Å². The first kappa shape index (κ1) is 15.0. The number of amides is 1. The normalized spacial score (nSPS) is 28.1. The van der Waals surface area contributed by atoms with Crippen LogP contribution in [0.1, 0.15) is 38.5 Å². The summed E-state index contributed by atoms with van der Waals surface area (Å²) < 4.78 is 0. The van der Waals surface area contributed by atoms with Crippen molar-refractivity contribution in [3.05, 3.63) is 48.8 Å². The summed E-state index contributed by atoms with van der Waals surface area (Å²) >= 11 is 0. The number of pyridine rings is 1. The Hall–Kier alpha value is -1.90. The largest absolute Gasteiger partial charge is 0.324 e. The SMILES string of the molecule is O=C(Nc1cccnc1)C1[C@H]2CCC=CCCC=CCC[C@H]12. The predicted molar refractivity (Wildman–Crippen MR) is 89.3 cm³/mol. The van der Waals surface area contributed by atoms with E-state index >= 15 is 0 Å². The standard InChI is InChI=1S/C19H24N2O/c22-19(21-15-10-9-13-20-14-15)18-16-11-7-5-3-1-2-4-6-8-12-17(16)18/h3-6,9-10,13-14,16-18H,1-2,7-8,11-12H2,(H,21,22)/t16-,17-,18?/m0/s1. The average Bonchev–Trinajstić information content (AvgIpc) is 3.21. The lowest BCUT2D eigenvalue weighted by atomic mass is 10.1. The van der Waals surface area contributed by atoms with Gasteiger partial charge in [-0.15, -0.1) is 0 Å². The first-order valence-electron chi connectivity index (χ1n) is 8.37. The number of rotatable bonds is 2. The van der Waals surface area contributed by atoms with Crippen molar-refractivity contribution in [2.75, 3.05) is 5.32 Å². The van der Waals surface area contributed by atoms with E-state index in [-0.39, 0.29) is 11.8 Å². The number of nitrogens with zero attached hydrogens (tertiary/aromatic N) is 1. The Balaban J connectivity index is 1.60. The molecule has 1 amide bonds. The molecule has 1 aromatic heterocycles. The van der Waals surface area contributed by atoms with Gasteiger partial charge in [0.15, 0.2) is 0 Å². The number of allylic oxidation sites excluding steroid dienone is 4. The van der Waals surface area contributed by atoms with Gasteiger partial charge < -0.3 is 5.32 Å². The third kappa shape index (κ3) is 3.85. The molecular formula is C19H24N2O. The lowest BCUT2D eigenvalue weighted by Gasteiger charge is -2.03. The summed E-state index contributed by atoms with van der Waals surface area (Å²) in [5.41, 5.74) is 0.801. The minimum Gasteiger partial charge on any atom is -0.324 e. The summed E-state index contributed by atoms with van der Waals surface area (Å²) in [4.78, 5) is 16.5. The number of anilines is 1.